The first-order valence-electron chi connectivity index (χ1n) is 5.56. The van der Waals surface area contributed by atoms with Gasteiger partial charge >= 0.3 is 0 Å². The van der Waals surface area contributed by atoms with Crippen molar-refractivity contribution >= 4 is 28.3 Å². The SMILES string of the molecule is Cc1ccc(CN=C2NC(C)(C)CCS2)s1. The van der Waals surface area contributed by atoms with E-state index in [0.717, 1.165) is 11.7 Å². The van der Waals surface area contributed by atoms with Crippen LogP contribution in [0.5, 0.6) is 0 Å². The van der Waals surface area contributed by atoms with E-state index in [9.17, 15) is 0 Å². The molecule has 1 N–H and O–H groups in total. The van der Waals surface area contributed by atoms with Crippen LogP contribution in [0.4, 0.5) is 0 Å². The highest BCUT2D eigenvalue weighted by Gasteiger charge is 2.23. The monoisotopic (exact) mass is 254 g/mol. The number of hydrogen-bond donors (Lipinski definition) is 1. The van der Waals surface area contributed by atoms with E-state index in [1.807, 2.05) is 23.1 Å². The van der Waals surface area contributed by atoms with Crippen molar-refractivity contribution in [1.82, 2.24) is 5.32 Å². The third kappa shape index (κ3) is 3.25. The first-order chi connectivity index (χ1) is 7.55. The molecule has 2 nitrogen and oxygen atoms in total. The van der Waals surface area contributed by atoms with Crippen molar-refractivity contribution in [3.63, 3.8) is 0 Å². The molecule has 0 saturated carbocycles. The molecular weight excluding hydrogens is 236 g/mol. The van der Waals surface area contributed by atoms with Crippen LogP contribution in [-0.2, 0) is 6.54 Å². The van der Waals surface area contributed by atoms with Gasteiger partial charge in [-0.25, -0.2) is 0 Å². The van der Waals surface area contributed by atoms with Crippen LogP contribution in [0.1, 0.15) is 30.0 Å². The molecule has 16 heavy (non-hydrogen) atoms. The van der Waals surface area contributed by atoms with Crippen molar-refractivity contribution in [3.05, 3.63) is 21.9 Å². The highest BCUT2D eigenvalue weighted by atomic mass is 32.2. The Balaban J connectivity index is 1.97. The summed E-state index contributed by atoms with van der Waals surface area (Å²) in [5.74, 6) is 1.17. The van der Waals surface area contributed by atoms with Crippen LogP contribution in [-0.4, -0.2) is 16.5 Å². The largest absolute Gasteiger partial charge is 0.360 e. The summed E-state index contributed by atoms with van der Waals surface area (Å²) in [5.41, 5.74) is 0.204. The van der Waals surface area contributed by atoms with Crippen molar-refractivity contribution in [2.24, 2.45) is 4.99 Å². The Hall–Kier alpha value is -0.480. The number of thiophene rings is 1. The molecule has 0 aliphatic carbocycles. The van der Waals surface area contributed by atoms with Crippen LogP contribution in [0.25, 0.3) is 0 Å². The summed E-state index contributed by atoms with van der Waals surface area (Å²) in [7, 11) is 0. The zero-order valence-electron chi connectivity index (χ0n) is 10.0. The molecule has 88 valence electrons. The fraction of sp³-hybridized carbons (Fsp3) is 0.583. The van der Waals surface area contributed by atoms with E-state index in [0.29, 0.717) is 0 Å². The van der Waals surface area contributed by atoms with Gasteiger partial charge < -0.3 is 5.32 Å². The van der Waals surface area contributed by atoms with Gasteiger partial charge in [-0.2, -0.15) is 0 Å². The molecule has 0 aromatic carbocycles. The molecule has 0 spiro atoms. The molecule has 1 aromatic rings. The highest BCUT2D eigenvalue weighted by Crippen LogP contribution is 2.22. The predicted molar refractivity (Wildman–Crippen MR) is 74.5 cm³/mol. The lowest BCUT2D eigenvalue weighted by molar-refractivity contribution is 0.446. The molecule has 0 atom stereocenters. The zero-order chi connectivity index (χ0) is 11.6. The van der Waals surface area contributed by atoms with E-state index in [-0.39, 0.29) is 5.54 Å². The van der Waals surface area contributed by atoms with Crippen molar-refractivity contribution in [3.8, 4) is 0 Å². The van der Waals surface area contributed by atoms with E-state index in [1.54, 1.807) is 0 Å². The van der Waals surface area contributed by atoms with Crippen LogP contribution < -0.4 is 5.32 Å². The maximum Gasteiger partial charge on any atom is 0.157 e. The van der Waals surface area contributed by atoms with E-state index in [2.05, 4.69) is 43.2 Å². The van der Waals surface area contributed by atoms with Crippen molar-refractivity contribution < 1.29 is 0 Å². The summed E-state index contributed by atoms with van der Waals surface area (Å²) in [5, 5.41) is 4.59. The van der Waals surface area contributed by atoms with Crippen LogP contribution in [0, 0.1) is 6.92 Å². The van der Waals surface area contributed by atoms with Gasteiger partial charge in [0.15, 0.2) is 5.17 Å². The average Bonchev–Trinajstić information content (AvgIpc) is 2.60. The van der Waals surface area contributed by atoms with E-state index < -0.39 is 0 Å². The number of amidine groups is 1. The Kier molecular flexibility index (Phi) is 3.60. The van der Waals surface area contributed by atoms with Crippen molar-refractivity contribution in [1.29, 1.82) is 0 Å². The molecule has 4 heteroatoms. The van der Waals surface area contributed by atoms with Gasteiger partial charge in [-0.15, -0.1) is 11.3 Å². The van der Waals surface area contributed by atoms with Crippen molar-refractivity contribution in [2.75, 3.05) is 5.75 Å². The van der Waals surface area contributed by atoms with Gasteiger partial charge in [-0.05, 0) is 39.3 Å². The minimum absolute atomic E-state index is 0.204. The minimum atomic E-state index is 0.204. The molecule has 0 bridgehead atoms. The fourth-order valence-corrected chi connectivity index (χ4v) is 3.72. The average molecular weight is 254 g/mol. The molecule has 2 rings (SSSR count). The third-order valence-corrected chi connectivity index (χ3v) is 4.48. The van der Waals surface area contributed by atoms with Crippen LogP contribution in [0.2, 0.25) is 0 Å². The second-order valence-corrected chi connectivity index (χ2v) is 7.20. The number of aliphatic imine (C=N–C) groups is 1. The lowest BCUT2D eigenvalue weighted by Crippen LogP contribution is -2.46. The standard InChI is InChI=1S/C12H18N2S2/c1-9-4-5-10(16-9)8-13-11-14-12(2,3)6-7-15-11/h4-5H,6-8H2,1-3H3,(H,13,14). The number of nitrogens with zero attached hydrogens (tertiary/aromatic N) is 1. The Bertz CT molecular complexity index is 393. The maximum absolute atomic E-state index is 4.64. The number of nitrogens with one attached hydrogen (secondary N) is 1. The summed E-state index contributed by atoms with van der Waals surface area (Å²) in [4.78, 5) is 7.35. The van der Waals surface area contributed by atoms with Gasteiger partial charge in [-0.1, -0.05) is 11.8 Å². The van der Waals surface area contributed by atoms with Gasteiger partial charge in [0.1, 0.15) is 0 Å². The van der Waals surface area contributed by atoms with Gasteiger partial charge in [0.25, 0.3) is 0 Å². The van der Waals surface area contributed by atoms with Gasteiger partial charge in [0.2, 0.25) is 0 Å². The molecule has 1 aliphatic heterocycles. The van der Waals surface area contributed by atoms with Crippen LogP contribution >= 0.6 is 23.1 Å². The lowest BCUT2D eigenvalue weighted by Gasteiger charge is -2.32. The number of aryl methyl sites for hydroxylation is 1. The smallest absolute Gasteiger partial charge is 0.157 e. The lowest BCUT2D eigenvalue weighted by atomic mass is 10.0. The molecule has 0 radical (unpaired) electrons. The Morgan fingerprint density at radius 2 is 2.25 bits per heavy atom. The molecule has 1 saturated heterocycles. The predicted octanol–water partition coefficient (Wildman–Crippen LogP) is 3.42. The molecule has 1 fully saturated rings. The van der Waals surface area contributed by atoms with E-state index in [4.69, 9.17) is 0 Å². The van der Waals surface area contributed by atoms with Crippen LogP contribution in [0.15, 0.2) is 17.1 Å². The summed E-state index contributed by atoms with van der Waals surface area (Å²) in [6, 6.07) is 4.33. The Morgan fingerprint density at radius 3 is 2.88 bits per heavy atom. The first kappa shape index (κ1) is 12.0. The summed E-state index contributed by atoms with van der Waals surface area (Å²) in [6.07, 6.45) is 1.20. The summed E-state index contributed by atoms with van der Waals surface area (Å²) < 4.78 is 0. The van der Waals surface area contributed by atoms with Crippen LogP contribution in [0.3, 0.4) is 0 Å². The third-order valence-electron chi connectivity index (χ3n) is 2.59. The van der Waals surface area contributed by atoms with E-state index in [1.165, 1.54) is 21.9 Å². The van der Waals surface area contributed by atoms with E-state index >= 15 is 0 Å². The van der Waals surface area contributed by atoms with Crippen molar-refractivity contribution in [2.45, 2.75) is 39.3 Å². The number of thioether (sulfide) groups is 1. The molecule has 1 aromatic heterocycles. The molecule has 0 unspecified atom stereocenters. The van der Waals surface area contributed by atoms with Gasteiger partial charge in [-0.3, -0.25) is 4.99 Å². The normalized spacial score (nSPS) is 22.1. The first-order valence-corrected chi connectivity index (χ1v) is 7.36. The Labute approximate surface area is 106 Å². The molecule has 2 heterocycles. The number of hydrogen-bond acceptors (Lipinski definition) is 3. The topological polar surface area (TPSA) is 24.4 Å². The quantitative estimate of drug-likeness (QED) is 0.874. The maximum atomic E-state index is 4.64. The zero-order valence-corrected chi connectivity index (χ0v) is 11.7. The molecule has 1 aliphatic rings. The molecule has 0 amide bonds. The second-order valence-electron chi connectivity index (χ2n) is 4.74. The summed E-state index contributed by atoms with van der Waals surface area (Å²) >= 11 is 3.67. The highest BCUT2D eigenvalue weighted by molar-refractivity contribution is 8.13. The molecular formula is C12H18N2S2. The second kappa shape index (κ2) is 4.80. The number of rotatable bonds is 2. The van der Waals surface area contributed by atoms with Gasteiger partial charge in [0, 0.05) is 21.0 Å². The summed E-state index contributed by atoms with van der Waals surface area (Å²) in [6.45, 7) is 7.41. The Morgan fingerprint density at radius 1 is 1.44 bits per heavy atom. The van der Waals surface area contributed by atoms with Gasteiger partial charge in [0.05, 0.1) is 6.54 Å². The fourth-order valence-electron chi connectivity index (χ4n) is 1.60. The minimum Gasteiger partial charge on any atom is -0.360 e.